The molecule has 0 bridgehead atoms. The molecule has 2 N–H and O–H groups in total. The van der Waals surface area contributed by atoms with Gasteiger partial charge >= 0.3 is 5.97 Å². The van der Waals surface area contributed by atoms with E-state index < -0.39 is 5.97 Å². The number of carbonyl (C=O) groups is 1. The lowest BCUT2D eigenvalue weighted by molar-refractivity contribution is 0.0595. The Morgan fingerprint density at radius 3 is 2.73 bits per heavy atom. The third-order valence-corrected chi connectivity index (χ3v) is 2.80. The zero-order valence-electron chi connectivity index (χ0n) is 8.78. The van der Waals surface area contributed by atoms with Gasteiger partial charge in [0.2, 0.25) is 0 Å². The van der Waals surface area contributed by atoms with E-state index in [9.17, 15) is 4.79 Å². The van der Waals surface area contributed by atoms with Gasteiger partial charge in [-0.05, 0) is 12.8 Å². The topological polar surface area (TPSA) is 78.1 Å². The van der Waals surface area contributed by atoms with E-state index in [0.29, 0.717) is 0 Å². The van der Waals surface area contributed by atoms with Crippen LogP contribution >= 0.6 is 0 Å². The van der Waals surface area contributed by atoms with Crippen molar-refractivity contribution >= 4 is 11.8 Å². The van der Waals surface area contributed by atoms with Crippen molar-refractivity contribution in [3.8, 4) is 0 Å². The van der Waals surface area contributed by atoms with Gasteiger partial charge in [0, 0.05) is 5.41 Å². The molecule has 0 radical (unpaired) electrons. The number of hydrogen-bond donors (Lipinski definition) is 1. The molecule has 1 aliphatic carbocycles. The van der Waals surface area contributed by atoms with E-state index in [0.717, 1.165) is 18.5 Å². The van der Waals surface area contributed by atoms with Gasteiger partial charge in [-0.1, -0.05) is 6.92 Å². The van der Waals surface area contributed by atoms with Gasteiger partial charge in [-0.3, -0.25) is 0 Å². The highest BCUT2D eigenvalue weighted by atomic mass is 16.5. The Morgan fingerprint density at radius 1 is 1.60 bits per heavy atom. The molecule has 1 aliphatic rings. The SMILES string of the molecule is COC(=O)c1ncc(C2(C)CC2)nc1N. The molecule has 1 saturated carbocycles. The van der Waals surface area contributed by atoms with Crippen LogP contribution in [0.1, 0.15) is 35.9 Å². The molecule has 0 saturated heterocycles. The molecule has 0 amide bonds. The minimum Gasteiger partial charge on any atom is -0.464 e. The summed E-state index contributed by atoms with van der Waals surface area (Å²) in [6, 6.07) is 0. The molecule has 0 unspecified atom stereocenters. The van der Waals surface area contributed by atoms with Crippen LogP contribution in [0.4, 0.5) is 5.82 Å². The Balaban J connectivity index is 2.35. The maximum absolute atomic E-state index is 11.2. The Hall–Kier alpha value is -1.65. The molecular formula is C10H13N3O2. The standard InChI is InChI=1S/C10H13N3O2/c1-10(3-4-10)6-5-12-7(8(11)13-6)9(14)15-2/h5H,3-4H2,1-2H3,(H2,11,13). The van der Waals surface area contributed by atoms with Gasteiger partial charge in [-0.25, -0.2) is 14.8 Å². The summed E-state index contributed by atoms with van der Waals surface area (Å²) >= 11 is 0. The van der Waals surface area contributed by atoms with E-state index in [1.165, 1.54) is 7.11 Å². The zero-order valence-corrected chi connectivity index (χ0v) is 8.78. The summed E-state index contributed by atoms with van der Waals surface area (Å²) in [5, 5.41) is 0. The number of nitrogens with zero attached hydrogens (tertiary/aromatic N) is 2. The minimum absolute atomic E-state index is 0.0884. The monoisotopic (exact) mass is 207 g/mol. The van der Waals surface area contributed by atoms with Crippen molar-refractivity contribution in [1.29, 1.82) is 0 Å². The number of esters is 1. The van der Waals surface area contributed by atoms with Crippen molar-refractivity contribution in [1.82, 2.24) is 9.97 Å². The molecule has 1 aromatic rings. The van der Waals surface area contributed by atoms with Crippen LogP contribution in [0.25, 0.3) is 0 Å². The van der Waals surface area contributed by atoms with Crippen LogP contribution in [-0.2, 0) is 10.2 Å². The molecule has 1 fully saturated rings. The summed E-state index contributed by atoms with van der Waals surface area (Å²) in [6.45, 7) is 2.11. The molecular weight excluding hydrogens is 194 g/mol. The lowest BCUT2D eigenvalue weighted by Gasteiger charge is -2.09. The first-order valence-corrected chi connectivity index (χ1v) is 4.78. The van der Waals surface area contributed by atoms with Crippen molar-refractivity contribution < 1.29 is 9.53 Å². The Labute approximate surface area is 87.7 Å². The third-order valence-electron chi connectivity index (χ3n) is 2.80. The fourth-order valence-electron chi connectivity index (χ4n) is 1.39. The number of ether oxygens (including phenoxy) is 1. The molecule has 0 aromatic carbocycles. The second-order valence-electron chi connectivity index (χ2n) is 4.04. The predicted molar refractivity (Wildman–Crippen MR) is 54.4 cm³/mol. The summed E-state index contributed by atoms with van der Waals surface area (Å²) < 4.78 is 4.54. The summed E-state index contributed by atoms with van der Waals surface area (Å²) in [4.78, 5) is 19.4. The molecule has 1 aromatic heterocycles. The van der Waals surface area contributed by atoms with Gasteiger partial charge < -0.3 is 10.5 Å². The number of hydrogen-bond acceptors (Lipinski definition) is 5. The zero-order chi connectivity index (χ0) is 11.1. The van der Waals surface area contributed by atoms with Crippen molar-refractivity contribution in [3.05, 3.63) is 17.6 Å². The van der Waals surface area contributed by atoms with Gasteiger partial charge in [0.05, 0.1) is 19.0 Å². The maximum Gasteiger partial charge on any atom is 0.360 e. The molecule has 15 heavy (non-hydrogen) atoms. The Morgan fingerprint density at radius 2 is 2.27 bits per heavy atom. The van der Waals surface area contributed by atoms with E-state index >= 15 is 0 Å². The van der Waals surface area contributed by atoms with Crippen molar-refractivity contribution in [2.24, 2.45) is 0 Å². The second-order valence-corrected chi connectivity index (χ2v) is 4.04. The van der Waals surface area contributed by atoms with E-state index in [4.69, 9.17) is 5.73 Å². The first kappa shape index (κ1) is 9.89. The Bertz CT molecular complexity index is 413. The summed E-state index contributed by atoms with van der Waals surface area (Å²) in [5.41, 5.74) is 6.70. The lowest BCUT2D eigenvalue weighted by Crippen LogP contribution is -2.14. The van der Waals surface area contributed by atoms with Crippen molar-refractivity contribution in [2.75, 3.05) is 12.8 Å². The van der Waals surface area contributed by atoms with E-state index in [2.05, 4.69) is 21.6 Å². The molecule has 0 spiro atoms. The number of methoxy groups -OCH3 is 1. The highest BCUT2D eigenvalue weighted by molar-refractivity contribution is 5.91. The smallest absolute Gasteiger partial charge is 0.360 e. The highest BCUT2D eigenvalue weighted by Gasteiger charge is 2.41. The van der Waals surface area contributed by atoms with Crippen LogP contribution in [0.5, 0.6) is 0 Å². The molecule has 80 valence electrons. The van der Waals surface area contributed by atoms with Gasteiger partial charge in [0.1, 0.15) is 0 Å². The maximum atomic E-state index is 11.2. The first-order valence-electron chi connectivity index (χ1n) is 4.78. The van der Waals surface area contributed by atoms with Crippen LogP contribution in [0.15, 0.2) is 6.20 Å². The highest BCUT2D eigenvalue weighted by Crippen LogP contribution is 2.46. The minimum atomic E-state index is -0.549. The number of aromatic nitrogens is 2. The predicted octanol–water partition coefficient (Wildman–Crippen LogP) is 0.897. The number of anilines is 1. The largest absolute Gasteiger partial charge is 0.464 e. The molecule has 0 atom stereocenters. The van der Waals surface area contributed by atoms with Crippen LogP contribution < -0.4 is 5.73 Å². The van der Waals surface area contributed by atoms with Crippen LogP contribution in [0.3, 0.4) is 0 Å². The van der Waals surface area contributed by atoms with E-state index in [-0.39, 0.29) is 16.9 Å². The number of rotatable bonds is 2. The van der Waals surface area contributed by atoms with E-state index in [1.807, 2.05) is 0 Å². The number of carbonyl (C=O) groups excluding carboxylic acids is 1. The van der Waals surface area contributed by atoms with Crippen LogP contribution in [0, 0.1) is 0 Å². The second kappa shape index (κ2) is 3.18. The van der Waals surface area contributed by atoms with Crippen LogP contribution in [0.2, 0.25) is 0 Å². The summed E-state index contributed by atoms with van der Waals surface area (Å²) in [5.74, 6) is -0.403. The fraction of sp³-hybridized carbons (Fsp3) is 0.500. The molecule has 1 heterocycles. The summed E-state index contributed by atoms with van der Waals surface area (Å²) in [6.07, 6.45) is 3.80. The molecule has 2 rings (SSSR count). The quantitative estimate of drug-likeness (QED) is 0.729. The van der Waals surface area contributed by atoms with Gasteiger partial charge in [0.15, 0.2) is 11.5 Å². The lowest BCUT2D eigenvalue weighted by atomic mass is 10.1. The third kappa shape index (κ3) is 1.65. The van der Waals surface area contributed by atoms with Crippen LogP contribution in [-0.4, -0.2) is 23.0 Å². The average molecular weight is 207 g/mol. The summed E-state index contributed by atoms with van der Waals surface area (Å²) in [7, 11) is 1.29. The van der Waals surface area contributed by atoms with Crippen molar-refractivity contribution in [2.45, 2.75) is 25.2 Å². The van der Waals surface area contributed by atoms with Gasteiger partial charge in [-0.15, -0.1) is 0 Å². The van der Waals surface area contributed by atoms with Gasteiger partial charge in [0.25, 0.3) is 0 Å². The normalized spacial score (nSPS) is 17.2. The number of nitrogen functional groups attached to an aromatic ring is 1. The fourth-order valence-corrected chi connectivity index (χ4v) is 1.39. The first-order chi connectivity index (χ1) is 7.07. The Kier molecular flexibility index (Phi) is 2.10. The van der Waals surface area contributed by atoms with E-state index in [1.54, 1.807) is 6.20 Å². The molecule has 0 aliphatic heterocycles. The van der Waals surface area contributed by atoms with Crippen molar-refractivity contribution in [3.63, 3.8) is 0 Å². The number of nitrogens with two attached hydrogens (primary N) is 1. The average Bonchev–Trinajstić information content (AvgIpc) is 2.96. The molecule has 5 nitrogen and oxygen atoms in total. The molecule has 5 heteroatoms. The van der Waals surface area contributed by atoms with Gasteiger partial charge in [-0.2, -0.15) is 0 Å².